The van der Waals surface area contributed by atoms with Gasteiger partial charge in [0, 0.05) is 5.92 Å². The Labute approximate surface area is 64.9 Å². The molecule has 0 radical (unpaired) electrons. The Morgan fingerprint density at radius 2 is 2.45 bits per heavy atom. The van der Waals surface area contributed by atoms with Gasteiger partial charge in [-0.1, -0.05) is 6.08 Å². The van der Waals surface area contributed by atoms with Crippen LogP contribution < -0.4 is 5.32 Å². The van der Waals surface area contributed by atoms with Crippen LogP contribution in [0.15, 0.2) is 12.7 Å². The van der Waals surface area contributed by atoms with Crippen molar-refractivity contribution in [1.82, 2.24) is 5.32 Å². The molecule has 62 valence electrons. The van der Waals surface area contributed by atoms with E-state index in [2.05, 4.69) is 11.9 Å². The largest absolute Gasteiger partial charge is 0.465 e. The van der Waals surface area contributed by atoms with Crippen LogP contribution in [0.2, 0.25) is 0 Å². The molecule has 0 aromatic carbocycles. The summed E-state index contributed by atoms with van der Waals surface area (Å²) in [5, 5.41) is 10.7. The van der Waals surface area contributed by atoms with Crippen LogP contribution in [-0.4, -0.2) is 30.5 Å². The average molecular weight is 157 g/mol. The summed E-state index contributed by atoms with van der Waals surface area (Å²) in [6.07, 6.45) is 0.709. The van der Waals surface area contributed by atoms with Gasteiger partial charge in [-0.05, 0) is 0 Å². The number of carbonyl (C=O) groups is 1. The summed E-state index contributed by atoms with van der Waals surface area (Å²) in [6.45, 7) is 4.60. The molecule has 0 spiro atoms. The number of ether oxygens (including phenoxy) is 1. The van der Waals surface area contributed by atoms with Crippen molar-refractivity contribution < 1.29 is 14.6 Å². The molecule has 1 saturated heterocycles. The van der Waals surface area contributed by atoms with Gasteiger partial charge in [0.05, 0.1) is 19.3 Å². The fourth-order valence-corrected chi connectivity index (χ4v) is 1.11. The zero-order valence-corrected chi connectivity index (χ0v) is 6.12. The highest BCUT2D eigenvalue weighted by Gasteiger charge is 2.26. The molecule has 0 unspecified atom stereocenters. The standard InChI is InChI=1S/C7H11NO3/c1-2-5-3-11-4-6(5)8-7(9)10/h2,5-6,8H,1,3-4H2,(H,9,10)/t5-,6-/m0/s1. The minimum absolute atomic E-state index is 0.117. The molecule has 1 rings (SSSR count). The molecule has 0 aliphatic carbocycles. The summed E-state index contributed by atoms with van der Waals surface area (Å²) >= 11 is 0. The van der Waals surface area contributed by atoms with Gasteiger partial charge in [-0.2, -0.15) is 0 Å². The van der Waals surface area contributed by atoms with E-state index in [1.807, 2.05) is 0 Å². The Bertz CT molecular complexity index is 169. The van der Waals surface area contributed by atoms with Gasteiger partial charge in [-0.3, -0.25) is 0 Å². The Balaban J connectivity index is 2.43. The van der Waals surface area contributed by atoms with Crippen LogP contribution in [0, 0.1) is 5.92 Å². The molecule has 1 aliphatic rings. The second kappa shape index (κ2) is 3.39. The van der Waals surface area contributed by atoms with Crippen LogP contribution in [0.4, 0.5) is 4.79 Å². The first kappa shape index (κ1) is 8.07. The monoisotopic (exact) mass is 157 g/mol. The first-order chi connectivity index (χ1) is 5.24. The van der Waals surface area contributed by atoms with Crippen molar-refractivity contribution in [2.45, 2.75) is 6.04 Å². The molecule has 4 heteroatoms. The van der Waals surface area contributed by atoms with Gasteiger partial charge in [0.25, 0.3) is 0 Å². The van der Waals surface area contributed by atoms with Crippen LogP contribution in [0.25, 0.3) is 0 Å². The predicted octanol–water partition coefficient (Wildman–Crippen LogP) is 0.455. The Morgan fingerprint density at radius 3 is 3.00 bits per heavy atom. The van der Waals surface area contributed by atoms with Crippen molar-refractivity contribution in [3.63, 3.8) is 0 Å². The smallest absolute Gasteiger partial charge is 0.404 e. The highest BCUT2D eigenvalue weighted by atomic mass is 16.5. The van der Waals surface area contributed by atoms with Crippen molar-refractivity contribution in [2.75, 3.05) is 13.2 Å². The molecule has 11 heavy (non-hydrogen) atoms. The molecule has 1 fully saturated rings. The van der Waals surface area contributed by atoms with E-state index in [4.69, 9.17) is 9.84 Å². The van der Waals surface area contributed by atoms with E-state index in [-0.39, 0.29) is 12.0 Å². The van der Waals surface area contributed by atoms with Crippen LogP contribution >= 0.6 is 0 Å². The molecule has 1 amide bonds. The van der Waals surface area contributed by atoms with Gasteiger partial charge in [0.15, 0.2) is 0 Å². The lowest BCUT2D eigenvalue weighted by molar-refractivity contribution is 0.174. The van der Waals surface area contributed by atoms with Crippen molar-refractivity contribution in [1.29, 1.82) is 0 Å². The van der Waals surface area contributed by atoms with Gasteiger partial charge in [0.2, 0.25) is 0 Å². The van der Waals surface area contributed by atoms with Crippen LogP contribution in [0.3, 0.4) is 0 Å². The normalized spacial score (nSPS) is 29.8. The maximum atomic E-state index is 10.2. The first-order valence-corrected chi connectivity index (χ1v) is 3.44. The summed E-state index contributed by atoms with van der Waals surface area (Å²) in [5.41, 5.74) is 0. The minimum Gasteiger partial charge on any atom is -0.465 e. The Kier molecular flexibility index (Phi) is 2.48. The number of amides is 1. The maximum absolute atomic E-state index is 10.2. The van der Waals surface area contributed by atoms with Crippen LogP contribution in [-0.2, 0) is 4.74 Å². The van der Waals surface area contributed by atoms with Gasteiger partial charge in [-0.25, -0.2) is 4.79 Å². The fourth-order valence-electron chi connectivity index (χ4n) is 1.11. The van der Waals surface area contributed by atoms with Crippen molar-refractivity contribution in [3.8, 4) is 0 Å². The van der Waals surface area contributed by atoms with Gasteiger partial charge in [0.1, 0.15) is 0 Å². The minimum atomic E-state index is -1.01. The van der Waals surface area contributed by atoms with Gasteiger partial charge in [-0.15, -0.1) is 6.58 Å². The summed E-state index contributed by atoms with van der Waals surface area (Å²) in [5.74, 6) is 0.117. The number of hydrogen-bond acceptors (Lipinski definition) is 2. The molecular weight excluding hydrogens is 146 g/mol. The third kappa shape index (κ3) is 1.94. The number of hydrogen-bond donors (Lipinski definition) is 2. The summed E-state index contributed by atoms with van der Waals surface area (Å²) in [6, 6.07) is -0.120. The zero-order valence-electron chi connectivity index (χ0n) is 6.12. The third-order valence-corrected chi connectivity index (χ3v) is 1.74. The zero-order chi connectivity index (χ0) is 8.27. The first-order valence-electron chi connectivity index (χ1n) is 3.44. The van der Waals surface area contributed by atoms with E-state index in [0.717, 1.165) is 0 Å². The molecule has 2 atom stereocenters. The van der Waals surface area contributed by atoms with Crippen LogP contribution in [0.5, 0.6) is 0 Å². The maximum Gasteiger partial charge on any atom is 0.404 e. The van der Waals surface area contributed by atoms with E-state index < -0.39 is 6.09 Å². The third-order valence-electron chi connectivity index (χ3n) is 1.74. The Hall–Kier alpha value is -1.03. The molecule has 0 bridgehead atoms. The number of rotatable bonds is 2. The number of nitrogens with one attached hydrogen (secondary N) is 1. The van der Waals surface area contributed by atoms with Crippen molar-refractivity contribution in [2.24, 2.45) is 5.92 Å². The summed E-state index contributed by atoms with van der Waals surface area (Å²) in [7, 11) is 0. The molecule has 0 aromatic heterocycles. The molecule has 4 nitrogen and oxygen atoms in total. The number of carboxylic acid groups (broad SMARTS) is 1. The second-order valence-corrected chi connectivity index (χ2v) is 2.49. The predicted molar refractivity (Wildman–Crippen MR) is 39.5 cm³/mol. The van der Waals surface area contributed by atoms with Gasteiger partial charge < -0.3 is 15.2 Å². The fraction of sp³-hybridized carbons (Fsp3) is 0.571. The highest BCUT2D eigenvalue weighted by Crippen LogP contribution is 2.13. The second-order valence-electron chi connectivity index (χ2n) is 2.49. The van der Waals surface area contributed by atoms with E-state index in [9.17, 15) is 4.79 Å². The SMILES string of the molecule is C=C[C@H]1COC[C@@H]1NC(=O)O. The molecule has 0 saturated carbocycles. The summed E-state index contributed by atoms with van der Waals surface area (Å²) < 4.78 is 5.06. The van der Waals surface area contributed by atoms with Crippen molar-refractivity contribution >= 4 is 6.09 Å². The molecule has 1 aliphatic heterocycles. The highest BCUT2D eigenvalue weighted by molar-refractivity contribution is 5.65. The molecule has 0 aromatic rings. The average Bonchev–Trinajstić information content (AvgIpc) is 2.34. The molecule has 2 N–H and O–H groups in total. The quantitative estimate of drug-likeness (QED) is 0.572. The Morgan fingerprint density at radius 1 is 1.73 bits per heavy atom. The lowest BCUT2D eigenvalue weighted by atomic mass is 10.1. The molecule has 1 heterocycles. The van der Waals surface area contributed by atoms with Crippen molar-refractivity contribution in [3.05, 3.63) is 12.7 Å². The van der Waals surface area contributed by atoms with E-state index >= 15 is 0 Å². The molecular formula is C7H11NO3. The van der Waals surface area contributed by atoms with E-state index in [1.165, 1.54) is 0 Å². The van der Waals surface area contributed by atoms with Crippen LogP contribution in [0.1, 0.15) is 0 Å². The summed E-state index contributed by atoms with van der Waals surface area (Å²) in [4.78, 5) is 10.2. The topological polar surface area (TPSA) is 58.6 Å². The van der Waals surface area contributed by atoms with E-state index in [1.54, 1.807) is 6.08 Å². The van der Waals surface area contributed by atoms with Gasteiger partial charge >= 0.3 is 6.09 Å². The van der Waals surface area contributed by atoms with E-state index in [0.29, 0.717) is 13.2 Å². The lowest BCUT2D eigenvalue weighted by Gasteiger charge is -2.12. The lowest BCUT2D eigenvalue weighted by Crippen LogP contribution is -2.38.